The van der Waals surface area contributed by atoms with Gasteiger partial charge in [0.05, 0.1) is 6.42 Å². The van der Waals surface area contributed by atoms with E-state index in [4.69, 9.17) is 0 Å². The molecule has 1 fully saturated rings. The van der Waals surface area contributed by atoms with Gasteiger partial charge in [-0.25, -0.2) is 0 Å². The minimum absolute atomic E-state index is 0.136. The van der Waals surface area contributed by atoms with E-state index in [2.05, 4.69) is 10.6 Å². The first-order chi connectivity index (χ1) is 7.84. The first-order valence-corrected chi connectivity index (χ1v) is 6.80. The molecule has 0 spiro atoms. The zero-order valence-corrected chi connectivity index (χ0v) is 10.2. The van der Waals surface area contributed by atoms with Gasteiger partial charge in [0.15, 0.2) is 0 Å². The quantitative estimate of drug-likeness (QED) is 0.817. The SMILES string of the molecule is O=C(Cc1ccsc1)NCC[C@H]1CCCN1. The van der Waals surface area contributed by atoms with Crippen LogP contribution in [0.4, 0.5) is 0 Å². The molecule has 1 aromatic heterocycles. The number of thiophene rings is 1. The lowest BCUT2D eigenvalue weighted by Gasteiger charge is -2.10. The Morgan fingerprint density at radius 3 is 3.25 bits per heavy atom. The van der Waals surface area contributed by atoms with E-state index >= 15 is 0 Å². The van der Waals surface area contributed by atoms with E-state index in [9.17, 15) is 4.79 Å². The van der Waals surface area contributed by atoms with E-state index < -0.39 is 0 Å². The van der Waals surface area contributed by atoms with Crippen molar-refractivity contribution < 1.29 is 4.79 Å². The van der Waals surface area contributed by atoms with Crippen LogP contribution in [0.25, 0.3) is 0 Å². The Morgan fingerprint density at radius 1 is 1.62 bits per heavy atom. The topological polar surface area (TPSA) is 41.1 Å². The normalized spacial score (nSPS) is 19.9. The largest absolute Gasteiger partial charge is 0.356 e. The van der Waals surface area contributed by atoms with E-state index in [0.29, 0.717) is 12.5 Å². The van der Waals surface area contributed by atoms with Crippen LogP contribution >= 0.6 is 11.3 Å². The van der Waals surface area contributed by atoms with E-state index in [0.717, 1.165) is 25.1 Å². The van der Waals surface area contributed by atoms with Gasteiger partial charge in [0.1, 0.15) is 0 Å². The highest BCUT2D eigenvalue weighted by Crippen LogP contribution is 2.08. The molecule has 1 saturated heterocycles. The molecule has 1 aliphatic heterocycles. The molecule has 1 aromatic rings. The fourth-order valence-electron chi connectivity index (χ4n) is 2.03. The molecule has 1 amide bonds. The van der Waals surface area contributed by atoms with Crippen LogP contribution in [0.5, 0.6) is 0 Å². The van der Waals surface area contributed by atoms with Crippen LogP contribution in [-0.2, 0) is 11.2 Å². The second-order valence-corrected chi connectivity index (χ2v) is 5.02. The first kappa shape index (κ1) is 11.6. The van der Waals surface area contributed by atoms with Crippen molar-refractivity contribution in [2.24, 2.45) is 0 Å². The molecule has 0 unspecified atom stereocenters. The zero-order valence-electron chi connectivity index (χ0n) is 9.37. The maximum atomic E-state index is 11.6. The van der Waals surface area contributed by atoms with Crippen molar-refractivity contribution in [2.75, 3.05) is 13.1 Å². The van der Waals surface area contributed by atoms with Gasteiger partial charge in [0, 0.05) is 12.6 Å². The average molecular weight is 238 g/mol. The van der Waals surface area contributed by atoms with Gasteiger partial charge in [0.25, 0.3) is 0 Å². The number of hydrogen-bond donors (Lipinski definition) is 2. The van der Waals surface area contributed by atoms with Crippen LogP contribution in [0, 0.1) is 0 Å². The zero-order chi connectivity index (χ0) is 11.2. The second kappa shape index (κ2) is 6.01. The summed E-state index contributed by atoms with van der Waals surface area (Å²) in [6.45, 7) is 1.92. The predicted octanol–water partition coefficient (Wildman–Crippen LogP) is 1.55. The first-order valence-electron chi connectivity index (χ1n) is 5.86. The molecule has 0 bridgehead atoms. The summed E-state index contributed by atoms with van der Waals surface area (Å²) in [7, 11) is 0. The molecule has 16 heavy (non-hydrogen) atoms. The molecular weight excluding hydrogens is 220 g/mol. The number of rotatable bonds is 5. The number of carbonyl (C=O) groups is 1. The summed E-state index contributed by atoms with van der Waals surface area (Å²) < 4.78 is 0. The van der Waals surface area contributed by atoms with E-state index in [1.807, 2.05) is 16.8 Å². The maximum absolute atomic E-state index is 11.6. The van der Waals surface area contributed by atoms with Crippen LogP contribution in [0.3, 0.4) is 0 Å². The summed E-state index contributed by atoms with van der Waals surface area (Å²) >= 11 is 1.64. The minimum Gasteiger partial charge on any atom is -0.356 e. The van der Waals surface area contributed by atoms with E-state index in [1.54, 1.807) is 11.3 Å². The van der Waals surface area contributed by atoms with Crippen molar-refractivity contribution in [1.82, 2.24) is 10.6 Å². The minimum atomic E-state index is 0.136. The third kappa shape index (κ3) is 3.61. The summed E-state index contributed by atoms with van der Waals surface area (Å²) in [6, 6.07) is 2.62. The van der Waals surface area contributed by atoms with Crippen LogP contribution in [-0.4, -0.2) is 25.0 Å². The predicted molar refractivity (Wildman–Crippen MR) is 66.7 cm³/mol. The summed E-state index contributed by atoms with van der Waals surface area (Å²) in [5, 5.41) is 10.4. The van der Waals surface area contributed by atoms with Gasteiger partial charge in [-0.1, -0.05) is 0 Å². The van der Waals surface area contributed by atoms with Crippen molar-refractivity contribution in [2.45, 2.75) is 31.7 Å². The van der Waals surface area contributed by atoms with Crippen LogP contribution in [0.1, 0.15) is 24.8 Å². The maximum Gasteiger partial charge on any atom is 0.224 e. The molecule has 0 saturated carbocycles. The van der Waals surface area contributed by atoms with Gasteiger partial charge in [-0.15, -0.1) is 0 Å². The van der Waals surface area contributed by atoms with Crippen molar-refractivity contribution in [3.8, 4) is 0 Å². The molecule has 88 valence electrons. The smallest absolute Gasteiger partial charge is 0.224 e. The summed E-state index contributed by atoms with van der Waals surface area (Å²) in [5.74, 6) is 0.136. The summed E-state index contributed by atoms with van der Waals surface area (Å²) in [4.78, 5) is 11.6. The van der Waals surface area contributed by atoms with Crippen LogP contribution in [0.15, 0.2) is 16.8 Å². The number of hydrogen-bond acceptors (Lipinski definition) is 3. The Morgan fingerprint density at radius 2 is 2.56 bits per heavy atom. The molecule has 1 aliphatic rings. The van der Waals surface area contributed by atoms with E-state index in [-0.39, 0.29) is 5.91 Å². The third-order valence-electron chi connectivity index (χ3n) is 2.92. The molecule has 2 heterocycles. The Hall–Kier alpha value is -0.870. The molecule has 0 radical (unpaired) electrons. The third-order valence-corrected chi connectivity index (χ3v) is 3.65. The van der Waals surface area contributed by atoms with Crippen molar-refractivity contribution in [1.29, 1.82) is 0 Å². The van der Waals surface area contributed by atoms with Gasteiger partial charge in [-0.3, -0.25) is 4.79 Å². The molecular formula is C12H18N2OS. The highest BCUT2D eigenvalue weighted by atomic mass is 32.1. The lowest BCUT2D eigenvalue weighted by Crippen LogP contribution is -2.31. The van der Waals surface area contributed by atoms with Gasteiger partial charge < -0.3 is 10.6 Å². The van der Waals surface area contributed by atoms with Crippen molar-refractivity contribution in [3.63, 3.8) is 0 Å². The Bertz CT molecular complexity index is 318. The Labute approximate surface area is 100 Å². The Kier molecular flexibility index (Phi) is 4.36. The number of amides is 1. The average Bonchev–Trinajstić information content (AvgIpc) is 2.90. The summed E-state index contributed by atoms with van der Waals surface area (Å²) in [6.07, 6.45) is 4.09. The van der Waals surface area contributed by atoms with Crippen LogP contribution < -0.4 is 10.6 Å². The standard InChI is InChI=1S/C12H18N2OS/c15-12(8-10-4-7-16-9-10)14-6-3-11-2-1-5-13-11/h4,7,9,11,13H,1-3,5-6,8H2,(H,14,15)/t11-/m1/s1. The molecule has 4 heteroatoms. The fraction of sp³-hybridized carbons (Fsp3) is 0.583. The Balaban J connectivity index is 1.60. The van der Waals surface area contributed by atoms with Gasteiger partial charge in [-0.05, 0) is 48.2 Å². The highest BCUT2D eigenvalue weighted by Gasteiger charge is 2.13. The van der Waals surface area contributed by atoms with Gasteiger partial charge in [0.2, 0.25) is 5.91 Å². The molecule has 2 N–H and O–H groups in total. The molecule has 3 nitrogen and oxygen atoms in total. The van der Waals surface area contributed by atoms with Gasteiger partial charge >= 0.3 is 0 Å². The highest BCUT2D eigenvalue weighted by molar-refractivity contribution is 7.07. The van der Waals surface area contributed by atoms with Gasteiger partial charge in [-0.2, -0.15) is 11.3 Å². The number of nitrogens with one attached hydrogen (secondary N) is 2. The van der Waals surface area contributed by atoms with Crippen molar-refractivity contribution >= 4 is 17.2 Å². The van der Waals surface area contributed by atoms with E-state index in [1.165, 1.54) is 12.8 Å². The van der Waals surface area contributed by atoms with Crippen molar-refractivity contribution in [3.05, 3.63) is 22.4 Å². The molecule has 0 aliphatic carbocycles. The van der Waals surface area contributed by atoms with Crippen LogP contribution in [0.2, 0.25) is 0 Å². The second-order valence-electron chi connectivity index (χ2n) is 4.24. The fourth-order valence-corrected chi connectivity index (χ4v) is 2.70. The molecule has 2 rings (SSSR count). The lowest BCUT2D eigenvalue weighted by molar-refractivity contribution is -0.120. The molecule has 1 atom stereocenters. The monoisotopic (exact) mass is 238 g/mol. The summed E-state index contributed by atoms with van der Waals surface area (Å²) in [5.41, 5.74) is 1.11. The lowest BCUT2D eigenvalue weighted by atomic mass is 10.1. The molecule has 0 aromatic carbocycles. The number of carbonyl (C=O) groups excluding carboxylic acids is 1.